The zero-order chi connectivity index (χ0) is 10.8. The first kappa shape index (κ1) is 10.5. The molecule has 1 heterocycles. The Balaban J connectivity index is 2.32. The van der Waals surface area contributed by atoms with Crippen molar-refractivity contribution < 1.29 is 4.74 Å². The van der Waals surface area contributed by atoms with Crippen molar-refractivity contribution in [2.75, 3.05) is 6.54 Å². The van der Waals surface area contributed by atoms with Gasteiger partial charge in [-0.2, -0.15) is 0 Å². The normalized spacial score (nSPS) is 23.7. The van der Waals surface area contributed by atoms with E-state index in [1.807, 2.05) is 0 Å². The van der Waals surface area contributed by atoms with E-state index in [1.54, 1.807) is 0 Å². The van der Waals surface area contributed by atoms with Gasteiger partial charge in [0.25, 0.3) is 0 Å². The SMILES string of the molecule is CCNC1c2cc(CC)ccc2OC1C. The standard InChI is InChI=1S/C13H19NO/c1-4-10-6-7-12-11(8-10)13(14-5-2)9(3)15-12/h6-9,13-14H,4-5H2,1-3H3. The van der Waals surface area contributed by atoms with Gasteiger partial charge in [-0.05, 0) is 31.5 Å². The highest BCUT2D eigenvalue weighted by Gasteiger charge is 2.30. The Morgan fingerprint density at radius 1 is 1.33 bits per heavy atom. The van der Waals surface area contributed by atoms with Crippen molar-refractivity contribution >= 4 is 0 Å². The van der Waals surface area contributed by atoms with Crippen molar-refractivity contribution in [2.24, 2.45) is 0 Å². The van der Waals surface area contributed by atoms with Crippen LogP contribution in [0.4, 0.5) is 0 Å². The molecule has 2 atom stereocenters. The van der Waals surface area contributed by atoms with Gasteiger partial charge in [-0.15, -0.1) is 0 Å². The third-order valence-electron chi connectivity index (χ3n) is 3.02. The van der Waals surface area contributed by atoms with Crippen LogP contribution >= 0.6 is 0 Å². The van der Waals surface area contributed by atoms with Crippen LogP contribution in [-0.2, 0) is 6.42 Å². The summed E-state index contributed by atoms with van der Waals surface area (Å²) in [6, 6.07) is 6.88. The molecular weight excluding hydrogens is 186 g/mol. The van der Waals surface area contributed by atoms with E-state index in [0.717, 1.165) is 18.7 Å². The van der Waals surface area contributed by atoms with Gasteiger partial charge in [0.2, 0.25) is 0 Å². The molecule has 0 aliphatic carbocycles. The molecule has 0 aromatic heterocycles. The Hall–Kier alpha value is -1.02. The van der Waals surface area contributed by atoms with E-state index in [9.17, 15) is 0 Å². The summed E-state index contributed by atoms with van der Waals surface area (Å²) >= 11 is 0. The molecule has 1 aliphatic heterocycles. The first-order valence-corrected chi connectivity index (χ1v) is 5.79. The van der Waals surface area contributed by atoms with Gasteiger partial charge in [-0.1, -0.05) is 26.0 Å². The minimum atomic E-state index is 0.243. The van der Waals surface area contributed by atoms with Crippen molar-refractivity contribution in [2.45, 2.75) is 39.3 Å². The monoisotopic (exact) mass is 205 g/mol. The van der Waals surface area contributed by atoms with Crippen molar-refractivity contribution in [3.63, 3.8) is 0 Å². The van der Waals surface area contributed by atoms with Crippen LogP contribution in [0.25, 0.3) is 0 Å². The average molecular weight is 205 g/mol. The van der Waals surface area contributed by atoms with E-state index < -0.39 is 0 Å². The van der Waals surface area contributed by atoms with Gasteiger partial charge >= 0.3 is 0 Å². The molecule has 1 aromatic carbocycles. The molecule has 1 aliphatic rings. The maximum Gasteiger partial charge on any atom is 0.124 e. The summed E-state index contributed by atoms with van der Waals surface area (Å²) in [6.45, 7) is 7.42. The van der Waals surface area contributed by atoms with Crippen molar-refractivity contribution in [3.8, 4) is 5.75 Å². The molecule has 1 N–H and O–H groups in total. The maximum atomic E-state index is 5.81. The molecule has 2 nitrogen and oxygen atoms in total. The number of likely N-dealkylation sites (N-methyl/N-ethyl adjacent to an activating group) is 1. The summed E-state index contributed by atoms with van der Waals surface area (Å²) in [5.41, 5.74) is 2.71. The number of benzene rings is 1. The molecule has 0 radical (unpaired) electrons. The lowest BCUT2D eigenvalue weighted by molar-refractivity contribution is 0.211. The molecule has 0 fully saturated rings. The van der Waals surface area contributed by atoms with Gasteiger partial charge in [0.1, 0.15) is 11.9 Å². The van der Waals surface area contributed by atoms with Gasteiger partial charge in [0.05, 0.1) is 6.04 Å². The average Bonchev–Trinajstić information content (AvgIpc) is 2.55. The van der Waals surface area contributed by atoms with E-state index in [4.69, 9.17) is 4.74 Å². The minimum absolute atomic E-state index is 0.243. The van der Waals surface area contributed by atoms with Crippen LogP contribution in [-0.4, -0.2) is 12.6 Å². The Kier molecular flexibility index (Phi) is 2.96. The maximum absolute atomic E-state index is 5.81. The zero-order valence-electron chi connectivity index (χ0n) is 9.71. The molecule has 82 valence electrons. The topological polar surface area (TPSA) is 21.3 Å². The second-order valence-corrected chi connectivity index (χ2v) is 4.08. The number of ether oxygens (including phenoxy) is 1. The lowest BCUT2D eigenvalue weighted by Gasteiger charge is -2.15. The Morgan fingerprint density at radius 2 is 2.13 bits per heavy atom. The molecule has 0 saturated carbocycles. The molecule has 0 spiro atoms. The largest absolute Gasteiger partial charge is 0.488 e. The molecular formula is C13H19NO. The van der Waals surface area contributed by atoms with E-state index in [-0.39, 0.29) is 6.10 Å². The fraction of sp³-hybridized carbons (Fsp3) is 0.538. The summed E-state index contributed by atoms with van der Waals surface area (Å²) < 4.78 is 5.81. The smallest absolute Gasteiger partial charge is 0.124 e. The summed E-state index contributed by atoms with van der Waals surface area (Å²) in [5.74, 6) is 1.05. The molecule has 2 rings (SSSR count). The van der Waals surface area contributed by atoms with Crippen LogP contribution in [0.15, 0.2) is 18.2 Å². The summed E-state index contributed by atoms with van der Waals surface area (Å²) in [6.07, 6.45) is 1.33. The number of fused-ring (bicyclic) bond motifs is 1. The van der Waals surface area contributed by atoms with Gasteiger partial charge in [-0.3, -0.25) is 0 Å². The molecule has 2 heteroatoms. The van der Waals surface area contributed by atoms with Crippen LogP contribution in [0.1, 0.15) is 37.9 Å². The van der Waals surface area contributed by atoms with Crippen LogP contribution in [0.3, 0.4) is 0 Å². The van der Waals surface area contributed by atoms with Crippen LogP contribution in [0.2, 0.25) is 0 Å². The van der Waals surface area contributed by atoms with E-state index >= 15 is 0 Å². The van der Waals surface area contributed by atoms with E-state index in [0.29, 0.717) is 6.04 Å². The first-order valence-electron chi connectivity index (χ1n) is 5.79. The Labute approximate surface area is 91.6 Å². The summed E-state index contributed by atoms with van der Waals surface area (Å²) in [4.78, 5) is 0. The van der Waals surface area contributed by atoms with Crippen molar-refractivity contribution in [1.29, 1.82) is 0 Å². The predicted molar refractivity (Wildman–Crippen MR) is 62.3 cm³/mol. The van der Waals surface area contributed by atoms with Gasteiger partial charge in [0, 0.05) is 5.56 Å². The molecule has 15 heavy (non-hydrogen) atoms. The lowest BCUT2D eigenvalue weighted by Crippen LogP contribution is -2.28. The number of rotatable bonds is 3. The number of hydrogen-bond acceptors (Lipinski definition) is 2. The molecule has 0 bridgehead atoms. The van der Waals surface area contributed by atoms with Crippen LogP contribution in [0, 0.1) is 0 Å². The highest BCUT2D eigenvalue weighted by atomic mass is 16.5. The van der Waals surface area contributed by atoms with Crippen molar-refractivity contribution in [3.05, 3.63) is 29.3 Å². The number of nitrogens with one attached hydrogen (secondary N) is 1. The molecule has 0 amide bonds. The van der Waals surface area contributed by atoms with E-state index in [1.165, 1.54) is 11.1 Å². The quantitative estimate of drug-likeness (QED) is 0.819. The van der Waals surface area contributed by atoms with E-state index in [2.05, 4.69) is 44.3 Å². The highest BCUT2D eigenvalue weighted by Crippen LogP contribution is 2.37. The van der Waals surface area contributed by atoms with Gasteiger partial charge in [-0.25, -0.2) is 0 Å². The Morgan fingerprint density at radius 3 is 2.80 bits per heavy atom. The first-order chi connectivity index (χ1) is 7.26. The minimum Gasteiger partial charge on any atom is -0.488 e. The van der Waals surface area contributed by atoms with Crippen LogP contribution < -0.4 is 10.1 Å². The van der Waals surface area contributed by atoms with Gasteiger partial charge < -0.3 is 10.1 Å². The molecule has 2 unspecified atom stereocenters. The van der Waals surface area contributed by atoms with Crippen LogP contribution in [0.5, 0.6) is 5.75 Å². The predicted octanol–water partition coefficient (Wildman–Crippen LogP) is 2.68. The summed E-state index contributed by atoms with van der Waals surface area (Å²) in [5, 5.41) is 3.48. The third kappa shape index (κ3) is 1.86. The fourth-order valence-electron chi connectivity index (χ4n) is 2.19. The number of aryl methyl sites for hydroxylation is 1. The highest BCUT2D eigenvalue weighted by molar-refractivity contribution is 5.43. The van der Waals surface area contributed by atoms with Crippen molar-refractivity contribution in [1.82, 2.24) is 5.32 Å². The molecule has 0 saturated heterocycles. The Bertz CT molecular complexity index is 348. The zero-order valence-corrected chi connectivity index (χ0v) is 9.71. The summed E-state index contributed by atoms with van der Waals surface area (Å²) in [7, 11) is 0. The fourth-order valence-corrected chi connectivity index (χ4v) is 2.19. The van der Waals surface area contributed by atoms with Gasteiger partial charge in [0.15, 0.2) is 0 Å². The second-order valence-electron chi connectivity index (χ2n) is 4.08. The second kappa shape index (κ2) is 4.23. The third-order valence-corrected chi connectivity index (χ3v) is 3.02. The molecule has 1 aromatic rings. The number of hydrogen-bond donors (Lipinski definition) is 1. The lowest BCUT2D eigenvalue weighted by atomic mass is 10.0.